The summed E-state index contributed by atoms with van der Waals surface area (Å²) in [6.07, 6.45) is 1.27. The van der Waals surface area contributed by atoms with E-state index in [0.717, 1.165) is 21.3 Å². The van der Waals surface area contributed by atoms with Crippen LogP contribution in [0.4, 0.5) is 5.69 Å². The number of H-pyrrole nitrogens is 1. The number of hydrogen-bond donors (Lipinski definition) is 2. The number of aromatic amines is 1. The molecule has 0 atom stereocenters. The molecule has 0 fully saturated rings. The highest BCUT2D eigenvalue weighted by atomic mass is 16.5. The van der Waals surface area contributed by atoms with E-state index in [4.69, 9.17) is 4.74 Å². The quantitative estimate of drug-likeness (QED) is 0.681. The van der Waals surface area contributed by atoms with E-state index in [1.54, 1.807) is 24.3 Å². The zero-order valence-electron chi connectivity index (χ0n) is 16.1. The van der Waals surface area contributed by atoms with Crippen LogP contribution in [0.15, 0.2) is 51.0 Å². The van der Waals surface area contributed by atoms with Crippen LogP contribution in [0.25, 0.3) is 5.69 Å². The Kier molecular flexibility index (Phi) is 5.17. The number of aromatic hydroxyl groups is 1. The molecule has 3 rings (SSSR count). The van der Waals surface area contributed by atoms with Gasteiger partial charge in [-0.3, -0.25) is 14.8 Å². The van der Waals surface area contributed by atoms with Gasteiger partial charge in [-0.05, 0) is 44.0 Å². The third-order valence-electron chi connectivity index (χ3n) is 4.41. The molecule has 7 nitrogen and oxygen atoms in total. The molecule has 0 aliphatic rings. The fraction of sp³-hybridized carbons (Fsp3) is 0.190. The molecular weight excluding hydrogens is 358 g/mol. The molecule has 2 N–H and O–H groups in total. The van der Waals surface area contributed by atoms with Gasteiger partial charge in [0.2, 0.25) is 5.88 Å². The van der Waals surface area contributed by atoms with Gasteiger partial charge in [0.25, 0.3) is 5.56 Å². The Hall–Kier alpha value is -3.61. The molecule has 0 saturated carbocycles. The van der Waals surface area contributed by atoms with Gasteiger partial charge < -0.3 is 9.84 Å². The molecule has 0 bridgehead atoms. The number of para-hydroxylation sites is 2. The zero-order chi connectivity index (χ0) is 20.4. The minimum atomic E-state index is -0.771. The van der Waals surface area contributed by atoms with Crippen LogP contribution < -0.4 is 16.0 Å². The molecule has 144 valence electrons. The fourth-order valence-corrected chi connectivity index (χ4v) is 3.20. The minimum Gasteiger partial charge on any atom is -0.495 e. The normalized spacial score (nSPS) is 11.1. The Morgan fingerprint density at radius 1 is 1.11 bits per heavy atom. The molecule has 2 aromatic carbocycles. The summed E-state index contributed by atoms with van der Waals surface area (Å²) in [6.45, 7) is 5.84. The number of nitrogens with one attached hydrogen (secondary N) is 1. The largest absolute Gasteiger partial charge is 0.495 e. The van der Waals surface area contributed by atoms with Gasteiger partial charge in [-0.15, -0.1) is 0 Å². The SMILES string of the molecule is COc1ccccc1-n1c(O)c(C=Nc2c(C)cc(C)cc2C)c(=O)[nH]c1=O. The molecule has 0 unspecified atom stereocenters. The lowest BCUT2D eigenvalue weighted by Crippen LogP contribution is -2.31. The van der Waals surface area contributed by atoms with E-state index in [2.05, 4.69) is 9.98 Å². The second-order valence-electron chi connectivity index (χ2n) is 6.51. The summed E-state index contributed by atoms with van der Waals surface area (Å²) in [4.78, 5) is 31.3. The van der Waals surface area contributed by atoms with Crippen molar-refractivity contribution < 1.29 is 9.84 Å². The molecule has 1 heterocycles. The number of nitrogens with zero attached hydrogens (tertiary/aromatic N) is 2. The lowest BCUT2D eigenvalue weighted by atomic mass is 10.1. The summed E-state index contributed by atoms with van der Waals surface area (Å²) in [5.74, 6) is -0.135. The molecule has 1 aromatic heterocycles. The average Bonchev–Trinajstić information content (AvgIpc) is 2.63. The summed E-state index contributed by atoms with van der Waals surface area (Å²) >= 11 is 0. The summed E-state index contributed by atoms with van der Waals surface area (Å²) in [7, 11) is 1.46. The maximum Gasteiger partial charge on any atom is 0.335 e. The number of aryl methyl sites for hydroxylation is 3. The molecule has 7 heteroatoms. The third kappa shape index (κ3) is 3.46. The topological polar surface area (TPSA) is 96.7 Å². The Bertz CT molecular complexity index is 1170. The van der Waals surface area contributed by atoms with Crippen molar-refractivity contribution in [1.82, 2.24) is 9.55 Å². The van der Waals surface area contributed by atoms with E-state index in [-0.39, 0.29) is 5.56 Å². The summed E-state index contributed by atoms with van der Waals surface area (Å²) in [6, 6.07) is 10.7. The van der Waals surface area contributed by atoms with Crippen molar-refractivity contribution in [3.05, 3.63) is 79.5 Å². The average molecular weight is 379 g/mol. The molecule has 0 aliphatic carbocycles. The van der Waals surface area contributed by atoms with Gasteiger partial charge in [0.1, 0.15) is 11.3 Å². The van der Waals surface area contributed by atoms with Gasteiger partial charge in [0.05, 0.1) is 18.5 Å². The van der Waals surface area contributed by atoms with Crippen molar-refractivity contribution in [3.8, 4) is 17.3 Å². The van der Waals surface area contributed by atoms with Crippen LogP contribution in [0.5, 0.6) is 11.6 Å². The maximum absolute atomic E-state index is 12.3. The predicted molar refractivity (Wildman–Crippen MR) is 109 cm³/mol. The second kappa shape index (κ2) is 7.56. The first-order valence-electron chi connectivity index (χ1n) is 8.67. The van der Waals surface area contributed by atoms with E-state index in [1.165, 1.54) is 13.3 Å². The van der Waals surface area contributed by atoms with Crippen molar-refractivity contribution in [2.24, 2.45) is 4.99 Å². The number of benzene rings is 2. The van der Waals surface area contributed by atoms with E-state index < -0.39 is 17.1 Å². The first-order chi connectivity index (χ1) is 13.3. The van der Waals surface area contributed by atoms with Gasteiger partial charge in [0.15, 0.2) is 0 Å². The van der Waals surface area contributed by atoms with E-state index in [9.17, 15) is 14.7 Å². The number of methoxy groups -OCH3 is 1. The first-order valence-corrected chi connectivity index (χ1v) is 8.67. The van der Waals surface area contributed by atoms with Crippen molar-refractivity contribution >= 4 is 11.9 Å². The molecule has 0 spiro atoms. The molecule has 0 amide bonds. The number of hydrogen-bond acceptors (Lipinski definition) is 5. The summed E-state index contributed by atoms with van der Waals surface area (Å²) in [5.41, 5.74) is 2.40. The molecule has 28 heavy (non-hydrogen) atoms. The first kappa shape index (κ1) is 19.2. The molecule has 0 saturated heterocycles. The van der Waals surface area contributed by atoms with Crippen molar-refractivity contribution in [2.75, 3.05) is 7.11 Å². The van der Waals surface area contributed by atoms with Gasteiger partial charge in [-0.1, -0.05) is 29.8 Å². The fourth-order valence-electron chi connectivity index (χ4n) is 3.20. The molecule has 3 aromatic rings. The van der Waals surface area contributed by atoms with Crippen molar-refractivity contribution in [2.45, 2.75) is 20.8 Å². The van der Waals surface area contributed by atoms with Crippen molar-refractivity contribution in [3.63, 3.8) is 0 Å². The number of aromatic nitrogens is 2. The predicted octanol–water partition coefficient (Wildman–Crippen LogP) is 2.92. The van der Waals surface area contributed by atoms with Gasteiger partial charge in [-0.25, -0.2) is 9.36 Å². The number of rotatable bonds is 4. The van der Waals surface area contributed by atoms with Crippen LogP contribution in [0.3, 0.4) is 0 Å². The molecular formula is C21H21N3O4. The van der Waals surface area contributed by atoms with Crippen LogP contribution in [-0.4, -0.2) is 28.0 Å². The van der Waals surface area contributed by atoms with Crippen LogP contribution >= 0.6 is 0 Å². The Morgan fingerprint density at radius 2 is 1.75 bits per heavy atom. The van der Waals surface area contributed by atoms with Crippen LogP contribution in [-0.2, 0) is 0 Å². The highest BCUT2D eigenvalue weighted by Gasteiger charge is 2.17. The highest BCUT2D eigenvalue weighted by molar-refractivity contribution is 5.85. The summed E-state index contributed by atoms with van der Waals surface area (Å²) < 4.78 is 6.24. The van der Waals surface area contributed by atoms with Crippen LogP contribution in [0.1, 0.15) is 22.3 Å². The highest BCUT2D eigenvalue weighted by Crippen LogP contribution is 2.27. The monoisotopic (exact) mass is 379 g/mol. The minimum absolute atomic E-state index is 0.120. The third-order valence-corrected chi connectivity index (χ3v) is 4.41. The number of aliphatic imine (C=N–C) groups is 1. The maximum atomic E-state index is 12.3. The number of ether oxygens (including phenoxy) is 1. The lowest BCUT2D eigenvalue weighted by molar-refractivity contribution is 0.401. The Balaban J connectivity index is 2.19. The van der Waals surface area contributed by atoms with E-state index >= 15 is 0 Å². The zero-order valence-corrected chi connectivity index (χ0v) is 16.1. The van der Waals surface area contributed by atoms with Crippen molar-refractivity contribution in [1.29, 1.82) is 0 Å². The lowest BCUT2D eigenvalue weighted by Gasteiger charge is -2.13. The molecule has 0 radical (unpaired) electrons. The van der Waals surface area contributed by atoms with Gasteiger partial charge >= 0.3 is 5.69 Å². The van der Waals surface area contributed by atoms with Gasteiger partial charge in [0, 0.05) is 6.21 Å². The van der Waals surface area contributed by atoms with E-state index in [0.29, 0.717) is 17.1 Å². The van der Waals surface area contributed by atoms with Crippen LogP contribution in [0, 0.1) is 20.8 Å². The Labute approximate surface area is 161 Å². The summed E-state index contributed by atoms with van der Waals surface area (Å²) in [5, 5.41) is 10.7. The van der Waals surface area contributed by atoms with Crippen LogP contribution in [0.2, 0.25) is 0 Å². The standard InChI is InChI=1S/C21H21N3O4/c1-12-9-13(2)18(14(3)10-12)22-11-15-19(25)23-21(27)24(20(15)26)16-7-5-6-8-17(16)28-4/h5-11,26H,1-4H3,(H,23,25,27). The van der Waals surface area contributed by atoms with Gasteiger partial charge in [-0.2, -0.15) is 0 Å². The van der Waals surface area contributed by atoms with E-state index in [1.807, 2.05) is 32.9 Å². The smallest absolute Gasteiger partial charge is 0.335 e. The second-order valence-corrected chi connectivity index (χ2v) is 6.51. The Morgan fingerprint density at radius 3 is 2.39 bits per heavy atom. The molecule has 0 aliphatic heterocycles.